The zero-order valence-corrected chi connectivity index (χ0v) is 14.1. The molecule has 1 unspecified atom stereocenters. The second kappa shape index (κ2) is 5.34. The van der Waals surface area contributed by atoms with E-state index in [1.165, 1.54) is 11.1 Å². The largest absolute Gasteiger partial charge is 0.330 e. The van der Waals surface area contributed by atoms with Crippen molar-refractivity contribution in [2.75, 3.05) is 17.2 Å². The number of sulfone groups is 1. The van der Waals surface area contributed by atoms with Crippen LogP contribution in [0, 0.1) is 6.92 Å². The molecule has 0 aromatic heterocycles. The monoisotopic (exact) mass is 342 g/mol. The number of aryl methyl sites for hydroxylation is 1. The summed E-state index contributed by atoms with van der Waals surface area (Å²) in [5, 5.41) is 2.90. The first-order valence-electron chi connectivity index (χ1n) is 7.95. The summed E-state index contributed by atoms with van der Waals surface area (Å²) in [6.07, 6.45) is 0.828. The number of nitrogens with one attached hydrogen (secondary N) is 1. The van der Waals surface area contributed by atoms with Gasteiger partial charge in [-0.15, -0.1) is 0 Å². The molecule has 0 saturated heterocycles. The molecule has 0 aliphatic carbocycles. The number of anilines is 1. The van der Waals surface area contributed by atoms with Crippen molar-refractivity contribution < 1.29 is 13.2 Å². The third kappa shape index (κ3) is 2.29. The number of rotatable bonds is 1. The van der Waals surface area contributed by atoms with E-state index >= 15 is 0 Å². The molecule has 2 aliphatic heterocycles. The fraction of sp³-hybridized carbons (Fsp3) is 0.278. The third-order valence-corrected chi connectivity index (χ3v) is 6.63. The smallest absolute Gasteiger partial charge is 0.322 e. The summed E-state index contributed by atoms with van der Waals surface area (Å²) < 4.78 is 24.5. The number of urea groups is 1. The van der Waals surface area contributed by atoms with E-state index in [-0.39, 0.29) is 11.8 Å². The molecule has 4 rings (SSSR count). The van der Waals surface area contributed by atoms with Gasteiger partial charge in [0.25, 0.3) is 0 Å². The van der Waals surface area contributed by atoms with Crippen molar-refractivity contribution in [1.29, 1.82) is 0 Å². The average Bonchev–Trinajstić information content (AvgIpc) is 3.09. The molecule has 6 heteroatoms. The fourth-order valence-corrected chi connectivity index (χ4v) is 5.35. The van der Waals surface area contributed by atoms with Crippen LogP contribution in [0.4, 0.5) is 10.5 Å². The highest BCUT2D eigenvalue weighted by atomic mass is 32.2. The van der Waals surface area contributed by atoms with Gasteiger partial charge in [-0.1, -0.05) is 30.3 Å². The summed E-state index contributed by atoms with van der Waals surface area (Å²) in [6, 6.07) is 12.1. The maximum atomic E-state index is 12.7. The first kappa shape index (κ1) is 15.2. The number of benzene rings is 2. The number of amides is 2. The van der Waals surface area contributed by atoms with Crippen molar-refractivity contribution in [3.05, 3.63) is 59.2 Å². The van der Waals surface area contributed by atoms with Crippen molar-refractivity contribution in [2.45, 2.75) is 24.3 Å². The van der Waals surface area contributed by atoms with Gasteiger partial charge < -0.3 is 5.32 Å². The predicted octanol–water partition coefficient (Wildman–Crippen LogP) is 2.60. The number of hydrogen-bond donors (Lipinski definition) is 1. The lowest BCUT2D eigenvalue weighted by molar-refractivity contribution is 0.244. The van der Waals surface area contributed by atoms with Gasteiger partial charge in [0.1, 0.15) is 0 Å². The van der Waals surface area contributed by atoms with E-state index in [2.05, 4.69) is 5.32 Å². The SMILES string of the molecule is Cc1cccc2c1CCN2C(=O)NC1CS(=O)(=O)c2ccccc21. The molecule has 0 spiro atoms. The van der Waals surface area contributed by atoms with Crippen LogP contribution in [0.2, 0.25) is 0 Å². The van der Waals surface area contributed by atoms with E-state index in [1.54, 1.807) is 29.2 Å². The Morgan fingerprint density at radius 1 is 1.17 bits per heavy atom. The standard InChI is InChI=1S/C18H18N2O3S/c1-12-5-4-7-16-13(12)9-10-20(16)18(21)19-15-11-24(22,23)17-8-3-2-6-14(15)17/h2-8,15H,9-11H2,1H3,(H,19,21). The Morgan fingerprint density at radius 3 is 2.79 bits per heavy atom. The van der Waals surface area contributed by atoms with Crippen LogP contribution in [0.5, 0.6) is 0 Å². The van der Waals surface area contributed by atoms with E-state index in [4.69, 9.17) is 0 Å². The number of carbonyl (C=O) groups is 1. The van der Waals surface area contributed by atoms with Crippen LogP contribution < -0.4 is 10.2 Å². The number of fused-ring (bicyclic) bond motifs is 2. The Bertz CT molecular complexity index is 937. The van der Waals surface area contributed by atoms with Gasteiger partial charge in [-0.2, -0.15) is 0 Å². The van der Waals surface area contributed by atoms with Crippen molar-refractivity contribution in [1.82, 2.24) is 5.32 Å². The zero-order chi connectivity index (χ0) is 16.9. The molecular formula is C18H18N2O3S. The van der Waals surface area contributed by atoms with Gasteiger partial charge in [0, 0.05) is 12.2 Å². The lowest BCUT2D eigenvalue weighted by Gasteiger charge is -2.21. The minimum atomic E-state index is -3.32. The lowest BCUT2D eigenvalue weighted by atomic mass is 10.1. The van der Waals surface area contributed by atoms with Gasteiger partial charge in [-0.25, -0.2) is 13.2 Å². The maximum Gasteiger partial charge on any atom is 0.322 e. The van der Waals surface area contributed by atoms with Gasteiger partial charge in [0.15, 0.2) is 9.84 Å². The van der Waals surface area contributed by atoms with E-state index < -0.39 is 15.9 Å². The molecule has 24 heavy (non-hydrogen) atoms. The third-order valence-electron chi connectivity index (χ3n) is 4.82. The Morgan fingerprint density at radius 2 is 1.96 bits per heavy atom. The summed E-state index contributed by atoms with van der Waals surface area (Å²) in [5.74, 6) is -0.0768. The minimum absolute atomic E-state index is 0.0768. The molecule has 2 aromatic rings. The van der Waals surface area contributed by atoms with E-state index in [9.17, 15) is 13.2 Å². The van der Waals surface area contributed by atoms with Gasteiger partial charge in [0.2, 0.25) is 0 Å². The zero-order valence-electron chi connectivity index (χ0n) is 13.3. The summed E-state index contributed by atoms with van der Waals surface area (Å²) in [6.45, 7) is 2.66. The predicted molar refractivity (Wildman–Crippen MR) is 92.0 cm³/mol. The van der Waals surface area contributed by atoms with Gasteiger partial charge in [-0.05, 0) is 42.2 Å². The Labute approximate surface area is 141 Å². The highest BCUT2D eigenvalue weighted by Gasteiger charge is 2.36. The van der Waals surface area contributed by atoms with Crippen molar-refractivity contribution in [3.8, 4) is 0 Å². The second-order valence-corrected chi connectivity index (χ2v) is 8.30. The highest BCUT2D eigenvalue weighted by Crippen LogP contribution is 2.34. The minimum Gasteiger partial charge on any atom is -0.330 e. The van der Waals surface area contributed by atoms with E-state index in [0.29, 0.717) is 17.0 Å². The van der Waals surface area contributed by atoms with Gasteiger partial charge in [-0.3, -0.25) is 4.90 Å². The molecule has 1 atom stereocenters. The molecule has 2 aliphatic rings. The van der Waals surface area contributed by atoms with Crippen molar-refractivity contribution in [3.63, 3.8) is 0 Å². The quantitative estimate of drug-likeness (QED) is 0.866. The Balaban J connectivity index is 1.60. The number of hydrogen-bond acceptors (Lipinski definition) is 3. The molecule has 0 bridgehead atoms. The highest BCUT2D eigenvalue weighted by molar-refractivity contribution is 7.91. The summed E-state index contributed by atoms with van der Waals surface area (Å²) >= 11 is 0. The molecule has 124 valence electrons. The second-order valence-electron chi connectivity index (χ2n) is 6.30. The molecule has 2 heterocycles. The van der Waals surface area contributed by atoms with Crippen molar-refractivity contribution >= 4 is 21.6 Å². The normalized spacial score (nSPS) is 20.5. The number of nitrogens with zero attached hydrogens (tertiary/aromatic N) is 1. The molecule has 2 amide bonds. The summed E-state index contributed by atoms with van der Waals surface area (Å²) in [4.78, 5) is 14.7. The lowest BCUT2D eigenvalue weighted by Crippen LogP contribution is -2.41. The molecular weight excluding hydrogens is 324 g/mol. The van der Waals surface area contributed by atoms with Gasteiger partial charge >= 0.3 is 6.03 Å². The molecule has 5 nitrogen and oxygen atoms in total. The van der Waals surface area contributed by atoms with Gasteiger partial charge in [0.05, 0.1) is 16.7 Å². The van der Waals surface area contributed by atoms with Crippen LogP contribution in [0.3, 0.4) is 0 Å². The molecule has 0 saturated carbocycles. The Hall–Kier alpha value is -2.34. The first-order chi connectivity index (χ1) is 11.5. The summed E-state index contributed by atoms with van der Waals surface area (Å²) in [7, 11) is -3.32. The molecule has 0 fully saturated rings. The van der Waals surface area contributed by atoms with E-state index in [0.717, 1.165) is 12.1 Å². The summed E-state index contributed by atoms with van der Waals surface area (Å²) in [5.41, 5.74) is 3.96. The molecule has 2 aromatic carbocycles. The maximum absolute atomic E-state index is 12.7. The Kier molecular flexibility index (Phi) is 3.38. The van der Waals surface area contributed by atoms with Crippen LogP contribution in [0.15, 0.2) is 47.4 Å². The molecule has 0 radical (unpaired) electrons. The number of carbonyl (C=O) groups excluding carboxylic acids is 1. The van der Waals surface area contributed by atoms with Crippen LogP contribution in [0.25, 0.3) is 0 Å². The van der Waals surface area contributed by atoms with Crippen LogP contribution in [-0.2, 0) is 16.3 Å². The van der Waals surface area contributed by atoms with Crippen LogP contribution in [0.1, 0.15) is 22.7 Å². The molecule has 1 N–H and O–H groups in total. The van der Waals surface area contributed by atoms with Crippen molar-refractivity contribution in [2.24, 2.45) is 0 Å². The van der Waals surface area contributed by atoms with Crippen LogP contribution >= 0.6 is 0 Å². The topological polar surface area (TPSA) is 66.5 Å². The fourth-order valence-electron chi connectivity index (χ4n) is 3.62. The van der Waals surface area contributed by atoms with Crippen LogP contribution in [-0.4, -0.2) is 26.7 Å². The first-order valence-corrected chi connectivity index (χ1v) is 9.61. The van der Waals surface area contributed by atoms with E-state index in [1.807, 2.05) is 25.1 Å². The average molecular weight is 342 g/mol.